The molecule has 0 saturated carbocycles. The largest absolute Gasteiger partial charge is 0.490 e. The molecule has 3 aliphatic heterocycles. The van der Waals surface area contributed by atoms with Crippen LogP contribution in [0.25, 0.3) is 0 Å². The SMILES string of the molecule is CC(C)N1CCO[C@@H]2CN(C(=O)c3ccc4c(c3)OCO4)CC[C@@H]2C1.O=C(O)C(F)(F)F. The molecule has 0 unspecified atom stereocenters. The van der Waals surface area contributed by atoms with E-state index in [-0.39, 0.29) is 18.8 Å². The number of likely N-dealkylation sites (tertiary alicyclic amines) is 1. The molecule has 0 bridgehead atoms. The van der Waals surface area contributed by atoms with Crippen LogP contribution in [-0.4, -0.2) is 84.7 Å². The number of ether oxygens (including phenoxy) is 3. The van der Waals surface area contributed by atoms with Crippen LogP contribution in [0.1, 0.15) is 30.6 Å². The predicted molar refractivity (Wildman–Crippen MR) is 107 cm³/mol. The summed E-state index contributed by atoms with van der Waals surface area (Å²) >= 11 is 0. The first-order valence-corrected chi connectivity index (χ1v) is 10.4. The third-order valence-electron chi connectivity index (χ3n) is 5.75. The highest BCUT2D eigenvalue weighted by atomic mass is 19.4. The van der Waals surface area contributed by atoms with Crippen LogP contribution < -0.4 is 9.47 Å². The molecular formula is C21H27F3N2O6. The lowest BCUT2D eigenvalue weighted by Crippen LogP contribution is -2.49. The van der Waals surface area contributed by atoms with Crippen molar-refractivity contribution >= 4 is 11.9 Å². The summed E-state index contributed by atoms with van der Waals surface area (Å²) in [7, 11) is 0. The number of hydrogen-bond acceptors (Lipinski definition) is 6. The number of hydrogen-bond donors (Lipinski definition) is 1. The minimum atomic E-state index is -5.08. The molecule has 3 aliphatic rings. The molecule has 0 aliphatic carbocycles. The maximum atomic E-state index is 12.9. The summed E-state index contributed by atoms with van der Waals surface area (Å²) in [6, 6.07) is 5.95. The normalized spacial score (nSPS) is 23.1. The molecule has 8 nitrogen and oxygen atoms in total. The first-order valence-electron chi connectivity index (χ1n) is 10.4. The summed E-state index contributed by atoms with van der Waals surface area (Å²) < 4.78 is 48.5. The fourth-order valence-corrected chi connectivity index (χ4v) is 3.94. The van der Waals surface area contributed by atoms with Gasteiger partial charge in [0.05, 0.1) is 12.7 Å². The van der Waals surface area contributed by atoms with Gasteiger partial charge in [-0.15, -0.1) is 0 Å². The van der Waals surface area contributed by atoms with Crippen LogP contribution in [0.15, 0.2) is 18.2 Å². The lowest BCUT2D eigenvalue weighted by atomic mass is 9.92. The topological polar surface area (TPSA) is 88.5 Å². The molecule has 1 amide bonds. The summed E-state index contributed by atoms with van der Waals surface area (Å²) in [6.45, 7) is 8.92. The number of nitrogens with zero attached hydrogens (tertiary/aromatic N) is 2. The number of carbonyl (C=O) groups excluding carboxylic acids is 1. The molecule has 1 aromatic carbocycles. The van der Waals surface area contributed by atoms with Gasteiger partial charge in [-0.3, -0.25) is 9.69 Å². The Bertz CT molecular complexity index is 832. The summed E-state index contributed by atoms with van der Waals surface area (Å²) in [5, 5.41) is 7.12. The highest BCUT2D eigenvalue weighted by Gasteiger charge is 2.38. The van der Waals surface area contributed by atoms with E-state index in [1.807, 2.05) is 17.0 Å². The minimum absolute atomic E-state index is 0.0466. The van der Waals surface area contributed by atoms with E-state index in [4.69, 9.17) is 24.1 Å². The second-order valence-corrected chi connectivity index (χ2v) is 8.17. The van der Waals surface area contributed by atoms with Gasteiger partial charge in [0.25, 0.3) is 5.91 Å². The number of aliphatic carboxylic acids is 1. The lowest BCUT2D eigenvalue weighted by Gasteiger charge is -2.38. The average Bonchev–Trinajstić information content (AvgIpc) is 3.10. The van der Waals surface area contributed by atoms with Crippen molar-refractivity contribution in [2.75, 3.05) is 39.6 Å². The molecule has 11 heteroatoms. The van der Waals surface area contributed by atoms with Gasteiger partial charge in [0.2, 0.25) is 6.79 Å². The van der Waals surface area contributed by atoms with E-state index < -0.39 is 12.1 Å². The van der Waals surface area contributed by atoms with Crippen LogP contribution in [0.5, 0.6) is 11.5 Å². The minimum Gasteiger partial charge on any atom is -0.475 e. The summed E-state index contributed by atoms with van der Waals surface area (Å²) in [5.74, 6) is -0.848. The van der Waals surface area contributed by atoms with Crippen LogP contribution in [0.4, 0.5) is 13.2 Å². The summed E-state index contributed by atoms with van der Waals surface area (Å²) in [4.78, 5) is 26.2. The number of alkyl halides is 3. The van der Waals surface area contributed by atoms with Gasteiger partial charge in [0.15, 0.2) is 11.5 Å². The van der Waals surface area contributed by atoms with Crippen LogP contribution >= 0.6 is 0 Å². The molecule has 0 radical (unpaired) electrons. The molecule has 1 aromatic rings. The van der Waals surface area contributed by atoms with Crippen molar-refractivity contribution in [1.29, 1.82) is 0 Å². The number of carbonyl (C=O) groups is 2. The number of rotatable bonds is 2. The number of carboxylic acids is 1. The van der Waals surface area contributed by atoms with Gasteiger partial charge in [0.1, 0.15) is 0 Å². The van der Waals surface area contributed by atoms with E-state index in [0.29, 0.717) is 35.6 Å². The molecule has 2 atom stereocenters. The molecule has 2 saturated heterocycles. The Kier molecular flexibility index (Phi) is 7.50. The van der Waals surface area contributed by atoms with E-state index in [9.17, 15) is 18.0 Å². The van der Waals surface area contributed by atoms with Crippen LogP contribution in [-0.2, 0) is 9.53 Å². The molecule has 4 rings (SSSR count). The molecular weight excluding hydrogens is 433 g/mol. The third-order valence-corrected chi connectivity index (χ3v) is 5.75. The molecule has 32 heavy (non-hydrogen) atoms. The van der Waals surface area contributed by atoms with Crippen LogP contribution in [0.3, 0.4) is 0 Å². The van der Waals surface area contributed by atoms with Crippen molar-refractivity contribution in [3.8, 4) is 11.5 Å². The highest BCUT2D eigenvalue weighted by Crippen LogP contribution is 2.33. The van der Waals surface area contributed by atoms with Crippen LogP contribution in [0.2, 0.25) is 0 Å². The van der Waals surface area contributed by atoms with Gasteiger partial charge in [-0.2, -0.15) is 13.2 Å². The zero-order chi connectivity index (χ0) is 23.5. The fourth-order valence-electron chi connectivity index (χ4n) is 3.94. The summed E-state index contributed by atoms with van der Waals surface area (Å²) in [6.07, 6.45) is -3.96. The Balaban J connectivity index is 0.000000360. The van der Waals surface area contributed by atoms with Crippen molar-refractivity contribution in [2.24, 2.45) is 5.92 Å². The van der Waals surface area contributed by atoms with Gasteiger partial charge >= 0.3 is 12.1 Å². The molecule has 0 spiro atoms. The Morgan fingerprint density at radius 2 is 1.81 bits per heavy atom. The predicted octanol–water partition coefficient (Wildman–Crippen LogP) is 2.62. The molecule has 2 fully saturated rings. The fraction of sp³-hybridized carbons (Fsp3) is 0.619. The van der Waals surface area contributed by atoms with Crippen LogP contribution in [0, 0.1) is 5.92 Å². The third kappa shape index (κ3) is 5.83. The summed E-state index contributed by atoms with van der Waals surface area (Å²) in [5.41, 5.74) is 0.653. The van der Waals surface area contributed by atoms with Gasteiger partial charge in [-0.25, -0.2) is 4.79 Å². The second-order valence-electron chi connectivity index (χ2n) is 8.17. The van der Waals surface area contributed by atoms with E-state index in [2.05, 4.69) is 18.7 Å². The van der Waals surface area contributed by atoms with Crippen molar-refractivity contribution < 1.29 is 42.1 Å². The average molecular weight is 460 g/mol. The number of fused-ring (bicyclic) bond motifs is 2. The maximum Gasteiger partial charge on any atom is 0.490 e. The number of carboxylic acid groups (broad SMARTS) is 1. The molecule has 178 valence electrons. The van der Waals surface area contributed by atoms with Gasteiger partial charge in [-0.1, -0.05) is 0 Å². The van der Waals surface area contributed by atoms with Gasteiger partial charge in [-0.05, 0) is 38.5 Å². The maximum absolute atomic E-state index is 12.9. The standard InChI is InChI=1S/C19H26N2O4.C2HF3O2/c1-13(2)20-7-8-23-18-11-21(6-5-15(18)10-20)19(22)14-3-4-16-17(9-14)25-12-24-16;3-2(4,5)1(6)7/h3-4,9,13,15,18H,5-8,10-12H2,1-2H3;(H,6,7)/t15-,18-;/m1./s1. The Morgan fingerprint density at radius 3 is 2.47 bits per heavy atom. The van der Waals surface area contributed by atoms with E-state index >= 15 is 0 Å². The Labute approximate surface area is 183 Å². The number of benzene rings is 1. The Hall–Kier alpha value is -2.53. The van der Waals surface area contributed by atoms with Gasteiger partial charge in [0, 0.05) is 43.7 Å². The quantitative estimate of drug-likeness (QED) is 0.726. The van der Waals surface area contributed by atoms with Crippen molar-refractivity contribution in [3.05, 3.63) is 23.8 Å². The second kappa shape index (κ2) is 9.95. The van der Waals surface area contributed by atoms with E-state index in [1.54, 1.807) is 6.07 Å². The zero-order valence-electron chi connectivity index (χ0n) is 17.9. The number of halogens is 3. The van der Waals surface area contributed by atoms with E-state index in [1.165, 1.54) is 0 Å². The first kappa shape index (κ1) is 24.1. The zero-order valence-corrected chi connectivity index (χ0v) is 17.9. The smallest absolute Gasteiger partial charge is 0.475 e. The van der Waals surface area contributed by atoms with Crippen molar-refractivity contribution in [1.82, 2.24) is 9.80 Å². The highest BCUT2D eigenvalue weighted by molar-refractivity contribution is 5.95. The molecule has 1 N–H and O–H groups in total. The number of amides is 1. The lowest BCUT2D eigenvalue weighted by molar-refractivity contribution is -0.192. The number of piperidine rings is 1. The molecule has 0 aromatic heterocycles. The Morgan fingerprint density at radius 1 is 1.12 bits per heavy atom. The van der Waals surface area contributed by atoms with Gasteiger partial charge < -0.3 is 24.2 Å². The first-order chi connectivity index (χ1) is 15.1. The van der Waals surface area contributed by atoms with Crippen molar-refractivity contribution in [2.45, 2.75) is 38.6 Å². The monoisotopic (exact) mass is 460 g/mol. The van der Waals surface area contributed by atoms with Crippen molar-refractivity contribution in [3.63, 3.8) is 0 Å². The van der Waals surface area contributed by atoms with E-state index in [0.717, 1.165) is 32.7 Å². The molecule has 3 heterocycles.